The maximum atomic E-state index is 12.5. The summed E-state index contributed by atoms with van der Waals surface area (Å²) in [5.74, 6) is 0.957. The van der Waals surface area contributed by atoms with E-state index in [4.69, 9.17) is 0 Å². The van der Waals surface area contributed by atoms with Gasteiger partial charge in [-0.15, -0.1) is 0 Å². The molecular formula is C19H24N4OS. The minimum absolute atomic E-state index is 0.0138. The Morgan fingerprint density at radius 3 is 2.80 bits per heavy atom. The number of amides is 1. The third-order valence-electron chi connectivity index (χ3n) is 4.40. The fourth-order valence-corrected chi connectivity index (χ4v) is 3.75. The van der Waals surface area contributed by atoms with Crippen LogP contribution in [0.2, 0.25) is 0 Å². The maximum Gasteiger partial charge on any atom is 0.240 e. The molecule has 0 fully saturated rings. The molecule has 3 rings (SSSR count). The highest BCUT2D eigenvalue weighted by molar-refractivity contribution is 7.07. The molecule has 25 heavy (non-hydrogen) atoms. The van der Waals surface area contributed by atoms with Crippen molar-refractivity contribution in [1.82, 2.24) is 19.8 Å². The van der Waals surface area contributed by atoms with Gasteiger partial charge in [-0.2, -0.15) is 11.3 Å². The predicted molar refractivity (Wildman–Crippen MR) is 103 cm³/mol. The van der Waals surface area contributed by atoms with Gasteiger partial charge in [0.05, 0.1) is 17.1 Å². The van der Waals surface area contributed by atoms with E-state index in [0.717, 1.165) is 23.3 Å². The van der Waals surface area contributed by atoms with Crippen LogP contribution in [0, 0.1) is 0 Å². The van der Waals surface area contributed by atoms with E-state index < -0.39 is 0 Å². The summed E-state index contributed by atoms with van der Waals surface area (Å²) in [4.78, 5) is 19.3. The first-order chi connectivity index (χ1) is 12.1. The molecule has 0 spiro atoms. The first-order valence-electron chi connectivity index (χ1n) is 8.49. The summed E-state index contributed by atoms with van der Waals surface area (Å²) in [6.07, 6.45) is 0.803. The fourth-order valence-electron chi connectivity index (χ4n) is 3.04. The second-order valence-corrected chi connectivity index (χ2v) is 7.08. The lowest BCUT2D eigenvalue weighted by atomic mass is 10.1. The van der Waals surface area contributed by atoms with Gasteiger partial charge in [-0.1, -0.05) is 19.1 Å². The van der Waals surface area contributed by atoms with Crippen molar-refractivity contribution in [3.63, 3.8) is 0 Å². The number of hydrogen-bond donors (Lipinski definition) is 1. The number of likely N-dealkylation sites (N-methyl/N-ethyl adjacent to an activating group) is 1. The number of benzene rings is 1. The molecule has 2 heterocycles. The Morgan fingerprint density at radius 1 is 1.32 bits per heavy atom. The molecule has 1 aromatic carbocycles. The minimum Gasteiger partial charge on any atom is -0.353 e. The number of carbonyl (C=O) groups excluding carboxylic acids is 1. The highest BCUT2D eigenvalue weighted by atomic mass is 32.1. The van der Waals surface area contributed by atoms with Gasteiger partial charge >= 0.3 is 0 Å². The number of aryl methyl sites for hydroxylation is 1. The molecule has 0 saturated carbocycles. The van der Waals surface area contributed by atoms with E-state index in [1.165, 1.54) is 5.56 Å². The van der Waals surface area contributed by atoms with Crippen molar-refractivity contribution < 1.29 is 4.79 Å². The van der Waals surface area contributed by atoms with Crippen molar-refractivity contribution in [3.8, 4) is 0 Å². The van der Waals surface area contributed by atoms with Gasteiger partial charge < -0.3 is 14.8 Å². The summed E-state index contributed by atoms with van der Waals surface area (Å²) in [5, 5.41) is 7.28. The topological polar surface area (TPSA) is 50.2 Å². The Hall–Kier alpha value is -2.18. The number of nitrogens with zero attached hydrogens (tertiary/aromatic N) is 3. The van der Waals surface area contributed by atoms with Crippen molar-refractivity contribution in [2.24, 2.45) is 0 Å². The summed E-state index contributed by atoms with van der Waals surface area (Å²) < 4.78 is 2.01. The molecule has 0 bridgehead atoms. The second kappa shape index (κ2) is 7.80. The number of imidazole rings is 1. The molecule has 0 aliphatic rings. The number of carbonyl (C=O) groups is 1. The second-order valence-electron chi connectivity index (χ2n) is 6.30. The summed E-state index contributed by atoms with van der Waals surface area (Å²) in [6.45, 7) is 2.96. The summed E-state index contributed by atoms with van der Waals surface area (Å²) in [5.41, 5.74) is 3.19. The van der Waals surface area contributed by atoms with Crippen molar-refractivity contribution >= 4 is 28.3 Å². The number of fused-ring (bicyclic) bond motifs is 1. The predicted octanol–water partition coefficient (Wildman–Crippen LogP) is 3.08. The highest BCUT2D eigenvalue weighted by Gasteiger charge is 2.17. The standard InChI is InChI=1S/C19H24N4OS/c1-4-18-21-15-7-5-6-8-16(15)23(18)12-19(24)20-11-17(22(2)3)14-9-10-25-13-14/h5-10,13,17H,4,11-12H2,1-3H3,(H,20,24)/t17-/m0/s1. The largest absolute Gasteiger partial charge is 0.353 e. The van der Waals surface area contributed by atoms with E-state index in [1.807, 2.05) is 42.9 Å². The molecule has 6 heteroatoms. The number of para-hydroxylation sites is 2. The maximum absolute atomic E-state index is 12.5. The molecule has 0 radical (unpaired) electrons. The molecule has 1 N–H and O–H groups in total. The lowest BCUT2D eigenvalue weighted by Crippen LogP contribution is -2.36. The van der Waals surface area contributed by atoms with E-state index in [2.05, 4.69) is 39.0 Å². The van der Waals surface area contributed by atoms with Gasteiger partial charge in [0.25, 0.3) is 0 Å². The molecule has 132 valence electrons. The molecule has 2 aromatic heterocycles. The Kier molecular flexibility index (Phi) is 5.50. The minimum atomic E-state index is 0.0138. The van der Waals surface area contributed by atoms with Gasteiger partial charge in [0, 0.05) is 13.0 Å². The van der Waals surface area contributed by atoms with Crippen molar-refractivity contribution in [3.05, 3.63) is 52.5 Å². The first kappa shape index (κ1) is 17.6. The molecular weight excluding hydrogens is 332 g/mol. The van der Waals surface area contributed by atoms with Crippen molar-refractivity contribution in [2.75, 3.05) is 20.6 Å². The van der Waals surface area contributed by atoms with Gasteiger partial charge in [-0.05, 0) is 48.6 Å². The number of hydrogen-bond acceptors (Lipinski definition) is 4. The number of aromatic nitrogens is 2. The van der Waals surface area contributed by atoms with Gasteiger partial charge in [-0.3, -0.25) is 4.79 Å². The van der Waals surface area contributed by atoms with E-state index in [1.54, 1.807) is 11.3 Å². The van der Waals surface area contributed by atoms with E-state index in [0.29, 0.717) is 13.1 Å². The average Bonchev–Trinajstić information content (AvgIpc) is 3.23. The SMILES string of the molecule is CCc1nc2ccccc2n1CC(=O)NC[C@@H](c1ccsc1)N(C)C. The zero-order valence-corrected chi connectivity index (χ0v) is 15.7. The summed E-state index contributed by atoms with van der Waals surface area (Å²) in [6, 6.07) is 10.3. The van der Waals surface area contributed by atoms with Gasteiger partial charge in [0.15, 0.2) is 0 Å². The van der Waals surface area contributed by atoms with Crippen LogP contribution in [0.5, 0.6) is 0 Å². The molecule has 1 atom stereocenters. The smallest absolute Gasteiger partial charge is 0.240 e. The Labute approximate surface area is 152 Å². The monoisotopic (exact) mass is 356 g/mol. The van der Waals surface area contributed by atoms with Crippen LogP contribution in [0.4, 0.5) is 0 Å². The van der Waals surface area contributed by atoms with Crippen LogP contribution in [-0.4, -0.2) is 41.0 Å². The van der Waals surface area contributed by atoms with Crippen molar-refractivity contribution in [1.29, 1.82) is 0 Å². The van der Waals surface area contributed by atoms with Crippen LogP contribution in [0.25, 0.3) is 11.0 Å². The third kappa shape index (κ3) is 3.91. The lowest BCUT2D eigenvalue weighted by Gasteiger charge is -2.24. The van der Waals surface area contributed by atoms with Crippen LogP contribution < -0.4 is 5.32 Å². The Balaban J connectivity index is 1.70. The number of nitrogens with one attached hydrogen (secondary N) is 1. The van der Waals surface area contributed by atoms with Crippen LogP contribution in [0.15, 0.2) is 41.1 Å². The molecule has 3 aromatic rings. The third-order valence-corrected chi connectivity index (χ3v) is 5.10. The summed E-state index contributed by atoms with van der Waals surface area (Å²) in [7, 11) is 4.07. The number of rotatable bonds is 7. The zero-order chi connectivity index (χ0) is 17.8. The van der Waals surface area contributed by atoms with Gasteiger partial charge in [0.1, 0.15) is 12.4 Å². The first-order valence-corrected chi connectivity index (χ1v) is 9.43. The molecule has 0 aliphatic heterocycles. The van der Waals surface area contributed by atoms with Crippen molar-refractivity contribution in [2.45, 2.75) is 25.9 Å². The van der Waals surface area contributed by atoms with Crippen LogP contribution in [0.1, 0.15) is 24.4 Å². The molecule has 0 unspecified atom stereocenters. The van der Waals surface area contributed by atoms with Gasteiger partial charge in [-0.25, -0.2) is 4.98 Å². The molecule has 5 nitrogen and oxygen atoms in total. The van der Waals surface area contributed by atoms with E-state index >= 15 is 0 Å². The molecule has 0 aliphatic carbocycles. The van der Waals surface area contributed by atoms with Crippen LogP contribution >= 0.6 is 11.3 Å². The van der Waals surface area contributed by atoms with Crippen LogP contribution in [0.3, 0.4) is 0 Å². The molecule has 1 amide bonds. The van der Waals surface area contributed by atoms with E-state index in [9.17, 15) is 4.79 Å². The fraction of sp³-hybridized carbons (Fsp3) is 0.368. The Morgan fingerprint density at radius 2 is 2.12 bits per heavy atom. The average molecular weight is 356 g/mol. The number of thiophene rings is 1. The lowest BCUT2D eigenvalue weighted by molar-refractivity contribution is -0.121. The molecule has 0 saturated heterocycles. The van der Waals surface area contributed by atoms with Crippen LogP contribution in [-0.2, 0) is 17.8 Å². The Bertz CT molecular complexity index is 838. The highest BCUT2D eigenvalue weighted by Crippen LogP contribution is 2.20. The zero-order valence-electron chi connectivity index (χ0n) is 14.9. The summed E-state index contributed by atoms with van der Waals surface area (Å²) >= 11 is 1.68. The van der Waals surface area contributed by atoms with Gasteiger partial charge in [0.2, 0.25) is 5.91 Å². The normalized spacial score (nSPS) is 12.6. The quantitative estimate of drug-likeness (QED) is 0.708. The van der Waals surface area contributed by atoms with E-state index in [-0.39, 0.29) is 11.9 Å².